The third kappa shape index (κ3) is 4.18. The standard InChI is InChI=1S/C13H18N2O3/c1-8-3-5-10(6-4-8)9(2)15-13(18)11(14)7-12(16)17/h3-6,9,11H,7,14H2,1-2H3,(H,15,18)(H,16,17)/t9-,11?/m1/s1. The van der Waals surface area contributed by atoms with Gasteiger partial charge in [0.1, 0.15) is 0 Å². The molecule has 0 saturated carbocycles. The Balaban J connectivity index is 2.59. The number of carboxylic acid groups (broad SMARTS) is 1. The Hall–Kier alpha value is -1.88. The summed E-state index contributed by atoms with van der Waals surface area (Å²) in [5, 5.41) is 11.2. The van der Waals surface area contributed by atoms with Crippen LogP contribution in [0, 0.1) is 6.92 Å². The first-order valence-electron chi connectivity index (χ1n) is 5.74. The highest BCUT2D eigenvalue weighted by molar-refractivity contribution is 5.86. The first kappa shape index (κ1) is 14.2. The minimum atomic E-state index is -1.08. The summed E-state index contributed by atoms with van der Waals surface area (Å²) in [5.41, 5.74) is 7.57. The zero-order valence-electron chi connectivity index (χ0n) is 10.5. The number of benzene rings is 1. The van der Waals surface area contributed by atoms with Gasteiger partial charge in [0, 0.05) is 0 Å². The number of carbonyl (C=O) groups excluding carboxylic acids is 1. The Morgan fingerprint density at radius 3 is 2.39 bits per heavy atom. The lowest BCUT2D eigenvalue weighted by molar-refractivity contribution is -0.139. The van der Waals surface area contributed by atoms with Gasteiger partial charge in [-0.2, -0.15) is 0 Å². The summed E-state index contributed by atoms with van der Waals surface area (Å²) in [6.07, 6.45) is -0.369. The molecule has 2 atom stereocenters. The van der Waals surface area contributed by atoms with Gasteiger partial charge in [0.15, 0.2) is 0 Å². The summed E-state index contributed by atoms with van der Waals surface area (Å²) in [6, 6.07) is 6.53. The first-order valence-corrected chi connectivity index (χ1v) is 5.74. The molecule has 1 aromatic rings. The van der Waals surface area contributed by atoms with Crippen molar-refractivity contribution in [2.45, 2.75) is 32.4 Å². The average molecular weight is 250 g/mol. The topological polar surface area (TPSA) is 92.4 Å². The van der Waals surface area contributed by atoms with Crippen molar-refractivity contribution >= 4 is 11.9 Å². The lowest BCUT2D eigenvalue weighted by Gasteiger charge is -2.17. The molecule has 0 aliphatic heterocycles. The molecule has 0 aliphatic carbocycles. The fourth-order valence-corrected chi connectivity index (χ4v) is 1.54. The molecule has 0 fully saturated rings. The number of amides is 1. The van der Waals surface area contributed by atoms with Crippen LogP contribution >= 0.6 is 0 Å². The minimum absolute atomic E-state index is 0.196. The van der Waals surface area contributed by atoms with Gasteiger partial charge in [-0.1, -0.05) is 29.8 Å². The summed E-state index contributed by atoms with van der Waals surface area (Å²) in [6.45, 7) is 3.81. The van der Waals surface area contributed by atoms with Crippen LogP contribution in [-0.2, 0) is 9.59 Å². The maximum atomic E-state index is 11.6. The van der Waals surface area contributed by atoms with Crippen LogP contribution in [-0.4, -0.2) is 23.0 Å². The molecule has 1 rings (SSSR count). The molecule has 0 radical (unpaired) electrons. The molecule has 0 saturated heterocycles. The number of nitrogens with two attached hydrogens (primary N) is 1. The molecule has 0 bridgehead atoms. The van der Waals surface area contributed by atoms with Crippen LogP contribution in [0.5, 0.6) is 0 Å². The van der Waals surface area contributed by atoms with Crippen molar-refractivity contribution in [3.63, 3.8) is 0 Å². The number of nitrogens with one attached hydrogen (secondary N) is 1. The zero-order chi connectivity index (χ0) is 13.7. The van der Waals surface area contributed by atoms with Gasteiger partial charge in [0.05, 0.1) is 18.5 Å². The van der Waals surface area contributed by atoms with Gasteiger partial charge in [-0.05, 0) is 19.4 Å². The lowest BCUT2D eigenvalue weighted by Crippen LogP contribution is -2.42. The van der Waals surface area contributed by atoms with E-state index < -0.39 is 17.9 Å². The van der Waals surface area contributed by atoms with Crippen molar-refractivity contribution in [1.82, 2.24) is 5.32 Å². The van der Waals surface area contributed by atoms with Crippen molar-refractivity contribution in [1.29, 1.82) is 0 Å². The van der Waals surface area contributed by atoms with Gasteiger partial charge in [-0.15, -0.1) is 0 Å². The van der Waals surface area contributed by atoms with E-state index in [0.29, 0.717) is 0 Å². The van der Waals surface area contributed by atoms with Crippen molar-refractivity contribution in [2.24, 2.45) is 5.73 Å². The smallest absolute Gasteiger partial charge is 0.305 e. The number of carbonyl (C=O) groups is 2. The average Bonchev–Trinajstić information content (AvgIpc) is 2.28. The van der Waals surface area contributed by atoms with Crippen LogP contribution in [0.4, 0.5) is 0 Å². The third-order valence-electron chi connectivity index (χ3n) is 2.67. The van der Waals surface area contributed by atoms with Crippen LogP contribution in [0.1, 0.15) is 30.5 Å². The third-order valence-corrected chi connectivity index (χ3v) is 2.67. The molecule has 0 spiro atoms. The van der Waals surface area contributed by atoms with Crippen molar-refractivity contribution in [3.05, 3.63) is 35.4 Å². The van der Waals surface area contributed by atoms with Crippen molar-refractivity contribution < 1.29 is 14.7 Å². The van der Waals surface area contributed by atoms with Crippen LogP contribution in [0.3, 0.4) is 0 Å². The van der Waals surface area contributed by atoms with E-state index in [9.17, 15) is 9.59 Å². The van der Waals surface area contributed by atoms with E-state index >= 15 is 0 Å². The number of aliphatic carboxylic acids is 1. The summed E-state index contributed by atoms with van der Waals surface area (Å²) in [4.78, 5) is 22.1. The molecule has 0 aliphatic rings. The van der Waals surface area contributed by atoms with Crippen LogP contribution in [0.25, 0.3) is 0 Å². The van der Waals surface area contributed by atoms with Crippen LogP contribution in [0.2, 0.25) is 0 Å². The second-order valence-corrected chi connectivity index (χ2v) is 4.35. The van der Waals surface area contributed by atoms with Crippen LogP contribution in [0.15, 0.2) is 24.3 Å². The Morgan fingerprint density at radius 1 is 1.33 bits per heavy atom. The Morgan fingerprint density at radius 2 is 1.89 bits per heavy atom. The predicted molar refractivity (Wildman–Crippen MR) is 68.0 cm³/mol. The molecule has 1 unspecified atom stereocenters. The number of carboxylic acids is 1. The molecule has 4 N–H and O–H groups in total. The Bertz CT molecular complexity index is 428. The molecular formula is C13H18N2O3. The summed E-state index contributed by atoms with van der Waals surface area (Å²) >= 11 is 0. The summed E-state index contributed by atoms with van der Waals surface area (Å²) in [5.74, 6) is -1.54. The minimum Gasteiger partial charge on any atom is -0.481 e. The van der Waals surface area contributed by atoms with Crippen LogP contribution < -0.4 is 11.1 Å². The van der Waals surface area contributed by atoms with E-state index in [1.807, 2.05) is 38.1 Å². The summed E-state index contributed by atoms with van der Waals surface area (Å²) < 4.78 is 0. The van der Waals surface area contributed by atoms with E-state index in [0.717, 1.165) is 11.1 Å². The number of hydrogen-bond donors (Lipinski definition) is 3. The van der Waals surface area contributed by atoms with Gasteiger partial charge < -0.3 is 16.2 Å². The van der Waals surface area contributed by atoms with Crippen molar-refractivity contribution in [2.75, 3.05) is 0 Å². The fourth-order valence-electron chi connectivity index (χ4n) is 1.54. The highest BCUT2D eigenvalue weighted by Crippen LogP contribution is 2.13. The van der Waals surface area contributed by atoms with E-state index in [2.05, 4.69) is 5.32 Å². The fraction of sp³-hybridized carbons (Fsp3) is 0.385. The predicted octanol–water partition coefficient (Wildman–Crippen LogP) is 0.974. The number of hydrogen-bond acceptors (Lipinski definition) is 3. The van der Waals surface area contributed by atoms with E-state index in [4.69, 9.17) is 10.8 Å². The molecule has 5 nitrogen and oxygen atoms in total. The van der Waals surface area contributed by atoms with Gasteiger partial charge in [0.2, 0.25) is 5.91 Å². The second kappa shape index (κ2) is 6.16. The SMILES string of the molecule is Cc1ccc([C@@H](C)NC(=O)C(N)CC(=O)O)cc1. The molecule has 0 heterocycles. The molecule has 1 amide bonds. The quantitative estimate of drug-likeness (QED) is 0.726. The largest absolute Gasteiger partial charge is 0.481 e. The van der Waals surface area contributed by atoms with Gasteiger partial charge in [-0.3, -0.25) is 9.59 Å². The highest BCUT2D eigenvalue weighted by atomic mass is 16.4. The molecule has 1 aromatic carbocycles. The Kier molecular flexibility index (Phi) is 4.85. The molecule has 0 aromatic heterocycles. The van der Waals surface area contributed by atoms with Crippen molar-refractivity contribution in [3.8, 4) is 0 Å². The number of rotatable bonds is 5. The maximum absolute atomic E-state index is 11.6. The maximum Gasteiger partial charge on any atom is 0.305 e. The second-order valence-electron chi connectivity index (χ2n) is 4.35. The lowest BCUT2D eigenvalue weighted by atomic mass is 10.1. The zero-order valence-corrected chi connectivity index (χ0v) is 10.5. The molecular weight excluding hydrogens is 232 g/mol. The summed E-state index contributed by atoms with van der Waals surface area (Å²) in [7, 11) is 0. The highest BCUT2D eigenvalue weighted by Gasteiger charge is 2.19. The van der Waals surface area contributed by atoms with E-state index in [1.54, 1.807) is 0 Å². The van der Waals surface area contributed by atoms with Gasteiger partial charge in [-0.25, -0.2) is 0 Å². The van der Waals surface area contributed by atoms with Gasteiger partial charge >= 0.3 is 5.97 Å². The number of aryl methyl sites for hydroxylation is 1. The first-order chi connectivity index (χ1) is 8.40. The normalized spacial score (nSPS) is 13.7. The van der Waals surface area contributed by atoms with E-state index in [1.165, 1.54) is 0 Å². The molecule has 98 valence electrons. The molecule has 18 heavy (non-hydrogen) atoms. The molecule has 5 heteroatoms. The van der Waals surface area contributed by atoms with Gasteiger partial charge in [0.25, 0.3) is 0 Å². The Labute approximate surface area is 106 Å². The monoisotopic (exact) mass is 250 g/mol. The van der Waals surface area contributed by atoms with E-state index in [-0.39, 0.29) is 12.5 Å².